The van der Waals surface area contributed by atoms with Crippen molar-refractivity contribution in [2.45, 2.75) is 103 Å². The molecule has 28 heavy (non-hydrogen) atoms. The molecule has 156 valence electrons. The van der Waals surface area contributed by atoms with E-state index in [2.05, 4.69) is 39.0 Å². The molecule has 0 bridgehead atoms. The van der Waals surface area contributed by atoms with Gasteiger partial charge in [0.2, 0.25) is 0 Å². The van der Waals surface area contributed by atoms with Gasteiger partial charge >= 0.3 is 167 Å². The van der Waals surface area contributed by atoms with Crippen molar-refractivity contribution in [3.8, 4) is 0 Å². The smallest absolute Gasteiger partial charge is 1.00 e. The van der Waals surface area contributed by atoms with Crippen molar-refractivity contribution in [1.82, 2.24) is 0 Å². The normalized spacial score (nSPS) is 28.5. The predicted molar refractivity (Wildman–Crippen MR) is 111 cm³/mol. The van der Waals surface area contributed by atoms with Crippen LogP contribution in [0.15, 0.2) is 43.8 Å². The minimum atomic E-state index is -2.19. The predicted octanol–water partition coefficient (Wildman–Crippen LogP) is 2.58. The molecule has 0 aromatic carbocycles. The maximum Gasteiger partial charge on any atom is -1.00 e. The molecule has 0 radical (unpaired) electrons. The third kappa shape index (κ3) is 4.53. The number of allylic oxidation sites excluding steroid dienone is 8. The molecular weight excluding hydrogens is 462 g/mol. The van der Waals surface area contributed by atoms with E-state index in [1.807, 2.05) is 14.4 Å². The van der Waals surface area contributed by atoms with Crippen LogP contribution in [0.5, 0.6) is 0 Å². The van der Waals surface area contributed by atoms with Gasteiger partial charge in [0.1, 0.15) is 0 Å². The standard InChI is InChI=1S/C13H21.C9H11.C3H6.2ClH.Zr/c1-3-5-8-12-10-7-11-13(12)9-6-4-2;1-2-5-9-7-3-6-8(9)4-1;1-3-2;;;/h10H,3-6,8-9,11H2,1-2H3;3,6-7H,1-2,4-5H2;3H,1H2,2H3;2*1H;/q;;;;;+2/p-2. The fraction of sp³-hybridized carbons (Fsp3) is 0.680. The summed E-state index contributed by atoms with van der Waals surface area (Å²) in [5.74, 6) is 0. The molecule has 0 spiro atoms. The summed E-state index contributed by atoms with van der Waals surface area (Å²) in [7, 11) is 0. The van der Waals surface area contributed by atoms with E-state index < -0.39 is 20.3 Å². The molecule has 0 N–H and O–H groups in total. The summed E-state index contributed by atoms with van der Waals surface area (Å²) in [5.41, 5.74) is 7.32. The molecule has 1 fully saturated rings. The monoisotopic (exact) mass is 498 g/mol. The fourth-order valence-electron chi connectivity index (χ4n) is 6.10. The van der Waals surface area contributed by atoms with E-state index in [-0.39, 0.29) is 24.8 Å². The first kappa shape index (κ1) is 24.7. The molecule has 1 saturated heterocycles. The fourth-order valence-corrected chi connectivity index (χ4v) is 22.7. The molecule has 0 saturated carbocycles. The summed E-state index contributed by atoms with van der Waals surface area (Å²) >= 11 is -2.19. The Morgan fingerprint density at radius 1 is 1.00 bits per heavy atom. The maximum absolute atomic E-state index is 2.79. The van der Waals surface area contributed by atoms with E-state index in [9.17, 15) is 0 Å². The second-order valence-corrected chi connectivity index (χ2v) is 21.1. The average molecular weight is 501 g/mol. The molecule has 4 aliphatic rings. The molecule has 4 rings (SSSR count). The Bertz CT molecular complexity index is 685. The van der Waals surface area contributed by atoms with Crippen LogP contribution in [0.1, 0.15) is 91.4 Å². The second kappa shape index (κ2) is 10.6. The van der Waals surface area contributed by atoms with Gasteiger partial charge in [0, 0.05) is 0 Å². The van der Waals surface area contributed by atoms with Crippen molar-refractivity contribution in [2.75, 3.05) is 0 Å². The number of hydrogen-bond donors (Lipinski definition) is 0. The molecule has 0 nitrogen and oxygen atoms in total. The van der Waals surface area contributed by atoms with Gasteiger partial charge in [-0.05, 0) is 0 Å². The number of hydrogen-bond acceptors (Lipinski definition) is 0. The molecule has 3 heteroatoms. The van der Waals surface area contributed by atoms with Gasteiger partial charge in [-0.2, -0.15) is 0 Å². The van der Waals surface area contributed by atoms with Crippen LogP contribution >= 0.6 is 0 Å². The number of halogens is 2. The minimum absolute atomic E-state index is 0. The van der Waals surface area contributed by atoms with Gasteiger partial charge in [-0.1, -0.05) is 0 Å². The van der Waals surface area contributed by atoms with Crippen molar-refractivity contribution >= 4 is 0 Å². The Balaban J connectivity index is 0.00000140. The summed E-state index contributed by atoms with van der Waals surface area (Å²) < 4.78 is 5.68. The molecular formula is C25H38Cl2Zr. The molecule has 0 aromatic heterocycles. The van der Waals surface area contributed by atoms with Crippen LogP contribution < -0.4 is 24.8 Å². The van der Waals surface area contributed by atoms with Crippen molar-refractivity contribution in [1.29, 1.82) is 0 Å². The van der Waals surface area contributed by atoms with E-state index in [0.717, 1.165) is 7.25 Å². The summed E-state index contributed by atoms with van der Waals surface area (Å²) in [5, 5.41) is 0. The van der Waals surface area contributed by atoms with Crippen LogP contribution in [0.3, 0.4) is 0 Å². The average Bonchev–Trinajstić information content (AvgIpc) is 3.02. The third-order valence-corrected chi connectivity index (χ3v) is 22.3. The Hall–Kier alpha value is 0.423. The zero-order chi connectivity index (χ0) is 18.1. The van der Waals surface area contributed by atoms with E-state index in [1.165, 1.54) is 70.6 Å². The Labute approximate surface area is 190 Å². The Morgan fingerprint density at radius 2 is 1.68 bits per heavy atom. The van der Waals surface area contributed by atoms with Gasteiger partial charge in [-0.15, -0.1) is 0 Å². The van der Waals surface area contributed by atoms with Gasteiger partial charge in [-0.25, -0.2) is 0 Å². The van der Waals surface area contributed by atoms with Crippen LogP contribution in [-0.4, -0.2) is 0 Å². The molecule has 0 amide bonds. The summed E-state index contributed by atoms with van der Waals surface area (Å²) in [6, 6.07) is 0. The van der Waals surface area contributed by atoms with Crippen LogP contribution in [-0.2, 0) is 20.3 Å². The van der Waals surface area contributed by atoms with Crippen LogP contribution in [0.25, 0.3) is 0 Å². The Morgan fingerprint density at radius 3 is 2.36 bits per heavy atom. The van der Waals surface area contributed by atoms with E-state index in [1.54, 1.807) is 15.3 Å². The largest absolute Gasteiger partial charge is 1.00 e. The van der Waals surface area contributed by atoms with Gasteiger partial charge in [0.05, 0.1) is 0 Å². The topological polar surface area (TPSA) is 0 Å². The van der Waals surface area contributed by atoms with E-state index >= 15 is 0 Å². The van der Waals surface area contributed by atoms with Gasteiger partial charge < -0.3 is 24.8 Å². The van der Waals surface area contributed by atoms with Crippen LogP contribution in [0.4, 0.5) is 0 Å². The molecule has 3 unspecified atom stereocenters. The van der Waals surface area contributed by atoms with E-state index in [4.69, 9.17) is 0 Å². The summed E-state index contributed by atoms with van der Waals surface area (Å²) in [6.07, 6.45) is 23.3. The number of rotatable bonds is 8. The second-order valence-electron chi connectivity index (χ2n) is 9.42. The van der Waals surface area contributed by atoms with Crippen molar-refractivity contribution in [3.05, 3.63) is 43.8 Å². The zero-order valence-corrected chi connectivity index (χ0v) is 22.1. The Kier molecular flexibility index (Phi) is 9.38. The third-order valence-electron chi connectivity index (χ3n) is 7.77. The maximum atomic E-state index is 2.79. The molecule has 1 heterocycles. The minimum Gasteiger partial charge on any atom is -1.00 e. The first-order valence-corrected chi connectivity index (χ1v) is 17.3. The van der Waals surface area contributed by atoms with Crippen LogP contribution in [0, 0.1) is 0 Å². The quantitative estimate of drug-likeness (QED) is 0.481. The summed E-state index contributed by atoms with van der Waals surface area (Å²) in [4.78, 5) is 0. The summed E-state index contributed by atoms with van der Waals surface area (Å²) in [6.45, 7) is 7.30. The SMILES string of the molecule is CCCCC1=C(CCCC)C[C]([Zr+2]2([CH]3C=CC4=C3CCCC4)[CH2][CH]2C)=C1.[Cl-].[Cl-]. The molecule has 3 atom stereocenters. The van der Waals surface area contributed by atoms with Crippen LogP contribution in [0.2, 0.25) is 11.4 Å². The molecule has 0 aromatic rings. The van der Waals surface area contributed by atoms with Crippen molar-refractivity contribution in [2.24, 2.45) is 0 Å². The van der Waals surface area contributed by atoms with Gasteiger partial charge in [-0.3, -0.25) is 0 Å². The van der Waals surface area contributed by atoms with Gasteiger partial charge in [0.25, 0.3) is 0 Å². The van der Waals surface area contributed by atoms with Crippen molar-refractivity contribution in [3.63, 3.8) is 0 Å². The number of unbranched alkanes of at least 4 members (excludes halogenated alkanes) is 2. The van der Waals surface area contributed by atoms with Crippen molar-refractivity contribution < 1.29 is 45.1 Å². The zero-order valence-electron chi connectivity index (χ0n) is 18.1. The molecule has 1 aliphatic heterocycles. The van der Waals surface area contributed by atoms with E-state index in [0.29, 0.717) is 0 Å². The first-order valence-electron chi connectivity index (χ1n) is 11.5. The molecule has 3 aliphatic carbocycles. The van der Waals surface area contributed by atoms with Gasteiger partial charge in [0.15, 0.2) is 0 Å². The first-order chi connectivity index (χ1) is 12.7.